The molecule has 0 spiro atoms. The molecule has 0 aliphatic carbocycles. The Morgan fingerprint density at radius 1 is 0.850 bits per heavy atom. The number of ether oxygens (including phenoxy) is 4. The van der Waals surface area contributed by atoms with Crippen molar-refractivity contribution in [1.82, 2.24) is 0 Å². The molecule has 2 aliphatic heterocycles. The standard InChI is InChI=1S/C30H27NO9/c1-36-22-9-14(5-6-19(22)32)25-18-13-31(8-7-15-16(18)10-24(38-3)29(39-4)28(15)34)27-26(25)17-11-23(37-2)20(33)12-21(17)40-30(27)35/h5-6,9-12,32-34H,7-8,13H2,1-4H3. The Kier molecular flexibility index (Phi) is 5.90. The van der Waals surface area contributed by atoms with Crippen LogP contribution in [0, 0.1) is 0 Å². The van der Waals surface area contributed by atoms with E-state index in [-0.39, 0.29) is 40.1 Å². The van der Waals surface area contributed by atoms with Crippen molar-refractivity contribution >= 4 is 27.8 Å². The van der Waals surface area contributed by atoms with E-state index in [1.807, 2.05) is 11.0 Å². The molecule has 206 valence electrons. The van der Waals surface area contributed by atoms with E-state index in [0.29, 0.717) is 58.6 Å². The normalized spacial score (nSPS) is 13.9. The van der Waals surface area contributed by atoms with Gasteiger partial charge in [-0.25, -0.2) is 4.79 Å². The van der Waals surface area contributed by atoms with E-state index in [1.54, 1.807) is 18.2 Å². The molecule has 3 heterocycles. The second-order valence-electron chi connectivity index (χ2n) is 9.53. The minimum atomic E-state index is -0.570. The molecule has 6 rings (SSSR count). The van der Waals surface area contributed by atoms with Gasteiger partial charge in [-0.1, -0.05) is 6.07 Å². The maximum absolute atomic E-state index is 13.6. The Hall–Kier alpha value is -4.99. The van der Waals surface area contributed by atoms with Gasteiger partial charge in [0.2, 0.25) is 5.75 Å². The fourth-order valence-corrected chi connectivity index (χ4v) is 5.76. The monoisotopic (exact) mass is 545 g/mol. The van der Waals surface area contributed by atoms with E-state index in [1.165, 1.54) is 40.6 Å². The first-order chi connectivity index (χ1) is 19.3. The Morgan fingerprint density at radius 3 is 2.27 bits per heavy atom. The summed E-state index contributed by atoms with van der Waals surface area (Å²) in [6.45, 7) is 0.739. The van der Waals surface area contributed by atoms with E-state index in [4.69, 9.17) is 23.4 Å². The van der Waals surface area contributed by atoms with Gasteiger partial charge < -0.3 is 43.6 Å². The fraction of sp³-hybridized carbons (Fsp3) is 0.233. The van der Waals surface area contributed by atoms with E-state index in [2.05, 4.69) is 0 Å². The second-order valence-corrected chi connectivity index (χ2v) is 9.53. The number of phenolic OH excluding ortho intramolecular Hbond substituents is 3. The zero-order chi connectivity index (χ0) is 28.3. The summed E-state index contributed by atoms with van der Waals surface area (Å²) in [6, 6.07) is 9.78. The van der Waals surface area contributed by atoms with Crippen molar-refractivity contribution in [1.29, 1.82) is 0 Å². The Bertz CT molecular complexity index is 1790. The highest BCUT2D eigenvalue weighted by Gasteiger charge is 2.36. The van der Waals surface area contributed by atoms with E-state index < -0.39 is 5.63 Å². The summed E-state index contributed by atoms with van der Waals surface area (Å²) in [6.07, 6.45) is 0.410. The van der Waals surface area contributed by atoms with Gasteiger partial charge in [-0.3, -0.25) is 0 Å². The Labute approximate surface area is 228 Å². The highest BCUT2D eigenvalue weighted by molar-refractivity contribution is 6.12. The molecule has 0 radical (unpaired) electrons. The van der Waals surface area contributed by atoms with Crippen LogP contribution < -0.4 is 29.5 Å². The number of fused-ring (bicyclic) bond motifs is 8. The fourth-order valence-electron chi connectivity index (χ4n) is 5.76. The molecule has 3 N–H and O–H groups in total. The number of rotatable bonds is 5. The van der Waals surface area contributed by atoms with Crippen LogP contribution in [0.15, 0.2) is 45.6 Å². The van der Waals surface area contributed by atoms with Crippen LogP contribution >= 0.6 is 0 Å². The molecule has 0 fully saturated rings. The van der Waals surface area contributed by atoms with Gasteiger partial charge in [0, 0.05) is 35.7 Å². The SMILES string of the molecule is COc1cc(C2=C3CN(CCc4c3cc(OC)c(OC)c4O)c3c2c2cc(OC)c(O)cc2oc3=O)ccc1O. The van der Waals surface area contributed by atoms with Crippen molar-refractivity contribution in [2.45, 2.75) is 6.42 Å². The van der Waals surface area contributed by atoms with E-state index >= 15 is 0 Å². The molecule has 10 nitrogen and oxygen atoms in total. The van der Waals surface area contributed by atoms with Crippen LogP contribution in [0.3, 0.4) is 0 Å². The summed E-state index contributed by atoms with van der Waals surface area (Å²) in [5, 5.41) is 32.6. The van der Waals surface area contributed by atoms with Gasteiger partial charge in [-0.15, -0.1) is 0 Å². The number of aromatic hydroxyl groups is 3. The second kappa shape index (κ2) is 9.33. The van der Waals surface area contributed by atoms with Crippen molar-refractivity contribution in [3.8, 4) is 40.2 Å². The summed E-state index contributed by atoms with van der Waals surface area (Å²) >= 11 is 0. The number of hydrogen-bond donors (Lipinski definition) is 3. The Balaban J connectivity index is 1.81. The minimum Gasteiger partial charge on any atom is -0.504 e. The highest BCUT2D eigenvalue weighted by Crippen LogP contribution is 2.52. The minimum absolute atomic E-state index is 0.0340. The average Bonchev–Trinajstić information content (AvgIpc) is 3.10. The average molecular weight is 546 g/mol. The van der Waals surface area contributed by atoms with Gasteiger partial charge in [0.25, 0.3) is 0 Å². The predicted octanol–water partition coefficient (Wildman–Crippen LogP) is 4.28. The molecule has 2 bridgehead atoms. The summed E-state index contributed by atoms with van der Waals surface area (Å²) in [4.78, 5) is 15.5. The molecular weight excluding hydrogens is 518 g/mol. The number of hydrogen-bond acceptors (Lipinski definition) is 10. The van der Waals surface area contributed by atoms with Crippen molar-refractivity contribution < 1.29 is 38.7 Å². The van der Waals surface area contributed by atoms with Crippen LogP contribution in [-0.2, 0) is 6.42 Å². The summed E-state index contributed by atoms with van der Waals surface area (Å²) < 4.78 is 27.6. The Morgan fingerprint density at radius 2 is 1.57 bits per heavy atom. The smallest absolute Gasteiger partial charge is 0.360 e. The third-order valence-corrected chi connectivity index (χ3v) is 7.57. The summed E-state index contributed by atoms with van der Waals surface area (Å²) in [5.41, 5.74) is 4.05. The van der Waals surface area contributed by atoms with Crippen molar-refractivity contribution in [3.05, 3.63) is 69.1 Å². The molecular formula is C30H27NO9. The van der Waals surface area contributed by atoms with Gasteiger partial charge in [0.05, 0.1) is 28.4 Å². The predicted molar refractivity (Wildman–Crippen MR) is 148 cm³/mol. The quantitative estimate of drug-likeness (QED) is 0.312. The first-order valence-electron chi connectivity index (χ1n) is 12.5. The number of anilines is 1. The molecule has 1 aromatic heterocycles. The van der Waals surface area contributed by atoms with Crippen molar-refractivity contribution in [2.75, 3.05) is 46.4 Å². The maximum atomic E-state index is 13.6. The lowest BCUT2D eigenvalue weighted by molar-refractivity contribution is 0.331. The van der Waals surface area contributed by atoms with Gasteiger partial charge >= 0.3 is 5.63 Å². The van der Waals surface area contributed by atoms with E-state index in [0.717, 1.165) is 11.1 Å². The van der Waals surface area contributed by atoms with Crippen LogP contribution in [0.4, 0.5) is 5.69 Å². The maximum Gasteiger partial charge on any atom is 0.360 e. The molecule has 0 unspecified atom stereocenters. The van der Waals surface area contributed by atoms with Gasteiger partial charge in [0.15, 0.2) is 34.5 Å². The van der Waals surface area contributed by atoms with Gasteiger partial charge in [0.1, 0.15) is 11.3 Å². The molecule has 40 heavy (non-hydrogen) atoms. The molecule has 0 saturated heterocycles. The topological polar surface area (TPSA) is 131 Å². The first-order valence-corrected chi connectivity index (χ1v) is 12.5. The van der Waals surface area contributed by atoms with Crippen LogP contribution in [0.1, 0.15) is 22.3 Å². The zero-order valence-electron chi connectivity index (χ0n) is 22.3. The van der Waals surface area contributed by atoms with Crippen LogP contribution in [0.25, 0.3) is 22.1 Å². The number of phenols is 3. The lowest BCUT2D eigenvalue weighted by Gasteiger charge is -2.32. The molecule has 4 aromatic rings. The van der Waals surface area contributed by atoms with Crippen LogP contribution in [-0.4, -0.2) is 56.8 Å². The van der Waals surface area contributed by atoms with Crippen molar-refractivity contribution in [3.63, 3.8) is 0 Å². The lowest BCUT2D eigenvalue weighted by atomic mass is 9.83. The highest BCUT2D eigenvalue weighted by atomic mass is 16.5. The van der Waals surface area contributed by atoms with Crippen LogP contribution in [0.2, 0.25) is 0 Å². The molecule has 2 aliphatic rings. The number of nitrogens with zero attached hydrogens (tertiary/aromatic N) is 1. The number of methoxy groups -OCH3 is 4. The van der Waals surface area contributed by atoms with Gasteiger partial charge in [-0.05, 0) is 53.0 Å². The van der Waals surface area contributed by atoms with E-state index in [9.17, 15) is 20.1 Å². The summed E-state index contributed by atoms with van der Waals surface area (Å²) in [7, 11) is 5.87. The lowest BCUT2D eigenvalue weighted by Crippen LogP contribution is -2.34. The van der Waals surface area contributed by atoms with Crippen LogP contribution in [0.5, 0.6) is 40.2 Å². The molecule has 10 heteroatoms. The molecule has 0 saturated carbocycles. The molecule has 0 atom stereocenters. The van der Waals surface area contributed by atoms with Crippen molar-refractivity contribution in [2.24, 2.45) is 0 Å². The third-order valence-electron chi connectivity index (χ3n) is 7.57. The zero-order valence-corrected chi connectivity index (χ0v) is 22.3. The summed E-state index contributed by atoms with van der Waals surface area (Å²) in [5.74, 6) is 0.808. The molecule has 0 amide bonds. The third kappa shape index (κ3) is 3.59. The van der Waals surface area contributed by atoms with Gasteiger partial charge in [-0.2, -0.15) is 0 Å². The first kappa shape index (κ1) is 25.3. The molecule has 3 aromatic carbocycles. The largest absolute Gasteiger partial charge is 0.504 e. The number of benzene rings is 3.